The van der Waals surface area contributed by atoms with Gasteiger partial charge in [-0.05, 0) is 43.5 Å². The number of hydrogen-bond donors (Lipinski definition) is 2. The van der Waals surface area contributed by atoms with Crippen LogP contribution < -0.4 is 10.6 Å². The van der Waals surface area contributed by atoms with Crippen LogP contribution >= 0.6 is 11.6 Å². The van der Waals surface area contributed by atoms with Crippen LogP contribution in [0.3, 0.4) is 0 Å². The molecule has 0 aromatic heterocycles. The quantitative estimate of drug-likeness (QED) is 0.728. The highest BCUT2D eigenvalue weighted by Crippen LogP contribution is 2.59. The van der Waals surface area contributed by atoms with Crippen molar-refractivity contribution < 1.29 is 19.5 Å². The molecule has 4 rings (SSSR count). The molecule has 1 aliphatic carbocycles. The van der Waals surface area contributed by atoms with Crippen LogP contribution in [-0.2, 0) is 14.4 Å². The lowest BCUT2D eigenvalue weighted by Crippen LogP contribution is -2.60. The normalized spacial score (nSPS) is 31.6. The number of piperazine rings is 1. The summed E-state index contributed by atoms with van der Waals surface area (Å²) in [6, 6.07) is 6.89. The minimum absolute atomic E-state index is 0.151. The standard InChI is InChI=1S/C21H27ClN4O4/c1-24-12-21(11-16(21)18(23)27)10-15(20(29)30)17(24)19(28)26-7-5-25(6-8-26)14-4-2-3-13(22)9-14/h2-4,9,15-17H,5-8,10-12H2,1H3,(H2,23,27)(H,29,30). The van der Waals surface area contributed by atoms with Crippen molar-refractivity contribution in [2.75, 3.05) is 44.7 Å². The second-order valence-electron chi connectivity index (χ2n) is 8.82. The summed E-state index contributed by atoms with van der Waals surface area (Å²) in [5.41, 5.74) is 6.08. The molecule has 2 amide bonds. The maximum atomic E-state index is 13.3. The Balaban J connectivity index is 1.44. The number of rotatable bonds is 4. The molecule has 2 saturated heterocycles. The Morgan fingerprint density at radius 2 is 1.87 bits per heavy atom. The minimum atomic E-state index is -0.994. The van der Waals surface area contributed by atoms with Crippen LogP contribution in [0.25, 0.3) is 0 Å². The topological polar surface area (TPSA) is 107 Å². The van der Waals surface area contributed by atoms with Gasteiger partial charge in [-0.3, -0.25) is 19.3 Å². The number of halogens is 1. The monoisotopic (exact) mass is 434 g/mol. The zero-order chi connectivity index (χ0) is 21.6. The van der Waals surface area contributed by atoms with Crippen LogP contribution in [0.2, 0.25) is 5.02 Å². The molecule has 0 radical (unpaired) electrons. The molecule has 30 heavy (non-hydrogen) atoms. The van der Waals surface area contributed by atoms with Gasteiger partial charge in [0.1, 0.15) is 6.04 Å². The van der Waals surface area contributed by atoms with Gasteiger partial charge in [-0.25, -0.2) is 0 Å². The van der Waals surface area contributed by atoms with Crippen molar-refractivity contribution >= 4 is 35.1 Å². The fourth-order valence-corrected chi connectivity index (χ4v) is 5.48. The number of piperidine rings is 1. The predicted molar refractivity (Wildman–Crippen MR) is 112 cm³/mol. The molecule has 3 fully saturated rings. The Kier molecular flexibility index (Phi) is 5.40. The number of carboxylic acid groups (broad SMARTS) is 1. The number of hydrogen-bond acceptors (Lipinski definition) is 5. The summed E-state index contributed by atoms with van der Waals surface area (Å²) in [6.45, 7) is 2.89. The lowest BCUT2D eigenvalue weighted by molar-refractivity contribution is -0.156. The van der Waals surface area contributed by atoms with E-state index in [9.17, 15) is 19.5 Å². The number of primary amides is 1. The molecule has 8 nitrogen and oxygen atoms in total. The second-order valence-corrected chi connectivity index (χ2v) is 9.26. The lowest BCUT2D eigenvalue weighted by Gasteiger charge is -2.44. The fourth-order valence-electron chi connectivity index (χ4n) is 5.29. The number of likely N-dealkylation sites (tertiary alicyclic amines) is 1. The summed E-state index contributed by atoms with van der Waals surface area (Å²) in [6.07, 6.45) is 0.925. The number of likely N-dealkylation sites (N-methyl/N-ethyl adjacent to an activating group) is 1. The first-order valence-electron chi connectivity index (χ1n) is 10.2. The number of carbonyl (C=O) groups excluding carboxylic acids is 2. The smallest absolute Gasteiger partial charge is 0.308 e. The van der Waals surface area contributed by atoms with Crippen LogP contribution in [0.4, 0.5) is 5.69 Å². The van der Waals surface area contributed by atoms with Crippen LogP contribution in [-0.4, -0.2) is 78.5 Å². The van der Waals surface area contributed by atoms with E-state index in [0.717, 1.165) is 5.69 Å². The molecule has 2 heterocycles. The first-order valence-corrected chi connectivity index (χ1v) is 10.6. The Labute approximate surface area is 180 Å². The van der Waals surface area contributed by atoms with Gasteiger partial charge in [0.2, 0.25) is 11.8 Å². The number of nitrogens with zero attached hydrogens (tertiary/aromatic N) is 3. The van der Waals surface area contributed by atoms with E-state index < -0.39 is 23.3 Å². The van der Waals surface area contributed by atoms with Crippen molar-refractivity contribution in [1.82, 2.24) is 9.80 Å². The lowest BCUT2D eigenvalue weighted by atomic mass is 9.79. The maximum Gasteiger partial charge on any atom is 0.308 e. The largest absolute Gasteiger partial charge is 0.481 e. The van der Waals surface area contributed by atoms with Gasteiger partial charge in [0, 0.05) is 49.4 Å². The highest BCUT2D eigenvalue weighted by Gasteiger charge is 2.63. The number of aliphatic carboxylic acids is 1. The Morgan fingerprint density at radius 3 is 2.43 bits per heavy atom. The molecular weight excluding hydrogens is 408 g/mol. The van der Waals surface area contributed by atoms with Gasteiger partial charge in [0.15, 0.2) is 0 Å². The van der Waals surface area contributed by atoms with E-state index in [0.29, 0.717) is 50.6 Å². The zero-order valence-corrected chi connectivity index (χ0v) is 17.7. The molecule has 4 unspecified atom stereocenters. The number of benzene rings is 1. The minimum Gasteiger partial charge on any atom is -0.481 e. The van der Waals surface area contributed by atoms with Crippen LogP contribution in [0.15, 0.2) is 24.3 Å². The SMILES string of the molecule is CN1CC2(CC(C(=O)O)C1C(=O)N1CCN(c3cccc(Cl)c3)CC1)CC2C(N)=O. The predicted octanol–water partition coefficient (Wildman–Crippen LogP) is 0.885. The average Bonchev–Trinajstić information content (AvgIpc) is 3.40. The van der Waals surface area contributed by atoms with E-state index in [-0.39, 0.29) is 17.7 Å². The molecule has 0 bridgehead atoms. The van der Waals surface area contributed by atoms with Gasteiger partial charge >= 0.3 is 5.97 Å². The van der Waals surface area contributed by atoms with E-state index in [1.54, 1.807) is 11.9 Å². The third-order valence-electron chi connectivity index (χ3n) is 6.91. The van der Waals surface area contributed by atoms with E-state index in [2.05, 4.69) is 4.90 Å². The first-order chi connectivity index (χ1) is 14.2. The fraction of sp³-hybridized carbons (Fsp3) is 0.571. The number of carboxylic acids is 1. The van der Waals surface area contributed by atoms with Gasteiger partial charge in [0.05, 0.1) is 5.92 Å². The molecule has 162 valence electrons. The highest BCUT2D eigenvalue weighted by molar-refractivity contribution is 6.30. The molecule has 4 atom stereocenters. The Bertz CT molecular complexity index is 872. The van der Waals surface area contributed by atoms with Crippen LogP contribution in [0.1, 0.15) is 12.8 Å². The molecule has 1 aromatic carbocycles. The highest BCUT2D eigenvalue weighted by atomic mass is 35.5. The van der Waals surface area contributed by atoms with Crippen molar-refractivity contribution in [3.05, 3.63) is 29.3 Å². The molecule has 1 aromatic rings. The van der Waals surface area contributed by atoms with Gasteiger partial charge in [-0.2, -0.15) is 0 Å². The van der Waals surface area contributed by atoms with Crippen LogP contribution in [0.5, 0.6) is 0 Å². The molecule has 2 aliphatic heterocycles. The summed E-state index contributed by atoms with van der Waals surface area (Å²) in [4.78, 5) is 42.7. The summed E-state index contributed by atoms with van der Waals surface area (Å²) >= 11 is 6.08. The summed E-state index contributed by atoms with van der Waals surface area (Å²) in [7, 11) is 1.78. The summed E-state index contributed by atoms with van der Waals surface area (Å²) < 4.78 is 0. The zero-order valence-electron chi connectivity index (χ0n) is 17.0. The van der Waals surface area contributed by atoms with Gasteiger partial charge < -0.3 is 20.6 Å². The van der Waals surface area contributed by atoms with Crippen molar-refractivity contribution in [1.29, 1.82) is 0 Å². The summed E-state index contributed by atoms with van der Waals surface area (Å²) in [5, 5.41) is 10.5. The van der Waals surface area contributed by atoms with Gasteiger partial charge in [0.25, 0.3) is 0 Å². The van der Waals surface area contributed by atoms with Crippen molar-refractivity contribution in [2.45, 2.75) is 18.9 Å². The first kappa shape index (κ1) is 20.9. The molecule has 3 N–H and O–H groups in total. The maximum absolute atomic E-state index is 13.3. The average molecular weight is 435 g/mol. The van der Waals surface area contributed by atoms with E-state index in [1.165, 1.54) is 0 Å². The molecule has 3 aliphatic rings. The second kappa shape index (κ2) is 7.74. The van der Waals surface area contributed by atoms with Crippen molar-refractivity contribution in [2.24, 2.45) is 23.0 Å². The van der Waals surface area contributed by atoms with Crippen LogP contribution in [0, 0.1) is 17.3 Å². The van der Waals surface area contributed by atoms with Crippen molar-refractivity contribution in [3.8, 4) is 0 Å². The molecule has 1 saturated carbocycles. The molecule has 9 heteroatoms. The Hall–Kier alpha value is -2.32. The molecular formula is C21H27ClN4O4. The number of anilines is 1. The van der Waals surface area contributed by atoms with E-state index in [1.807, 2.05) is 29.2 Å². The molecule has 1 spiro atoms. The number of amides is 2. The third kappa shape index (κ3) is 3.74. The van der Waals surface area contributed by atoms with Crippen molar-refractivity contribution in [3.63, 3.8) is 0 Å². The van der Waals surface area contributed by atoms with Gasteiger partial charge in [-0.1, -0.05) is 17.7 Å². The summed E-state index contributed by atoms with van der Waals surface area (Å²) in [5.74, 6) is -2.66. The number of carbonyl (C=O) groups is 3. The Morgan fingerprint density at radius 1 is 1.17 bits per heavy atom. The third-order valence-corrected chi connectivity index (χ3v) is 7.15. The van der Waals surface area contributed by atoms with E-state index in [4.69, 9.17) is 17.3 Å². The number of nitrogens with two attached hydrogens (primary N) is 1. The van der Waals surface area contributed by atoms with E-state index >= 15 is 0 Å². The van der Waals surface area contributed by atoms with Gasteiger partial charge in [-0.15, -0.1) is 0 Å².